The summed E-state index contributed by atoms with van der Waals surface area (Å²) in [5, 5.41) is 14.2. The van der Waals surface area contributed by atoms with Crippen LogP contribution in [-0.2, 0) is 0 Å². The molecule has 0 spiro atoms. The molecule has 1 unspecified atom stereocenters. The van der Waals surface area contributed by atoms with Gasteiger partial charge in [0.25, 0.3) is 0 Å². The number of esters is 2. The van der Waals surface area contributed by atoms with Crippen LogP contribution in [0.2, 0.25) is 10.0 Å². The summed E-state index contributed by atoms with van der Waals surface area (Å²) < 4.78 is 21.9. The summed E-state index contributed by atoms with van der Waals surface area (Å²) in [6, 6.07) is 10.8. The van der Waals surface area contributed by atoms with Gasteiger partial charge in [-0.25, -0.2) is 9.59 Å². The second-order valence-corrected chi connectivity index (χ2v) is 10.9. The third-order valence-corrected chi connectivity index (χ3v) is 6.77. The fourth-order valence-corrected chi connectivity index (χ4v) is 4.58. The number of nitrogens with one attached hydrogen (secondary N) is 1. The molecule has 0 aromatic heterocycles. The van der Waals surface area contributed by atoms with Gasteiger partial charge in [-0.2, -0.15) is 0 Å². The van der Waals surface area contributed by atoms with E-state index in [1.165, 1.54) is 38.5 Å². The average molecular weight is 627 g/mol. The number of rotatable bonds is 9. The SMILES string of the molecule is COc1c(C)ccc(C(=O)Oc2ccc(C(O)CNC(C)(C)C)cc2OC(=O)c2ccc(C)c(OC)c2Cl)c1Cl.Cl. The molecule has 2 N–H and O–H groups in total. The number of hydrogen-bond donors (Lipinski definition) is 2. The van der Waals surface area contributed by atoms with E-state index in [9.17, 15) is 14.7 Å². The van der Waals surface area contributed by atoms with E-state index in [0.29, 0.717) is 17.1 Å². The third-order valence-electron chi connectivity index (χ3n) is 6.02. The lowest BCUT2D eigenvalue weighted by Crippen LogP contribution is -2.38. The highest BCUT2D eigenvalue weighted by Crippen LogP contribution is 2.37. The van der Waals surface area contributed by atoms with E-state index >= 15 is 0 Å². The van der Waals surface area contributed by atoms with Crippen molar-refractivity contribution in [1.29, 1.82) is 0 Å². The summed E-state index contributed by atoms with van der Waals surface area (Å²) in [5.74, 6) is -1.09. The molecule has 222 valence electrons. The van der Waals surface area contributed by atoms with E-state index in [1.807, 2.05) is 20.8 Å². The molecule has 0 radical (unpaired) electrons. The zero-order valence-electron chi connectivity index (χ0n) is 23.9. The van der Waals surface area contributed by atoms with Crippen LogP contribution < -0.4 is 24.3 Å². The number of aliphatic hydroxyl groups is 1. The van der Waals surface area contributed by atoms with Gasteiger partial charge in [-0.15, -0.1) is 12.4 Å². The number of hydrogen-bond acceptors (Lipinski definition) is 8. The number of benzene rings is 3. The van der Waals surface area contributed by atoms with E-state index in [2.05, 4.69) is 5.32 Å². The summed E-state index contributed by atoms with van der Waals surface area (Å²) in [4.78, 5) is 26.3. The normalized spacial score (nSPS) is 11.8. The number of ether oxygens (including phenoxy) is 4. The molecule has 0 fully saturated rings. The monoisotopic (exact) mass is 625 g/mol. The first-order chi connectivity index (χ1) is 18.8. The molecule has 8 nitrogen and oxygen atoms in total. The molecule has 0 aliphatic rings. The predicted octanol–water partition coefficient (Wildman–Crippen LogP) is 6.91. The first-order valence-corrected chi connectivity index (χ1v) is 13.2. The molecular formula is C30H34Cl3NO7. The number of aliphatic hydroxyl groups excluding tert-OH is 1. The van der Waals surface area contributed by atoms with Crippen molar-refractivity contribution < 1.29 is 33.6 Å². The van der Waals surface area contributed by atoms with Gasteiger partial charge in [0, 0.05) is 12.1 Å². The lowest BCUT2D eigenvalue weighted by Gasteiger charge is -2.23. The van der Waals surface area contributed by atoms with Crippen LogP contribution in [0, 0.1) is 13.8 Å². The molecule has 0 saturated heterocycles. The van der Waals surface area contributed by atoms with Gasteiger partial charge < -0.3 is 29.4 Å². The van der Waals surface area contributed by atoms with Crippen LogP contribution in [0.3, 0.4) is 0 Å². The molecule has 3 aromatic rings. The van der Waals surface area contributed by atoms with Crippen molar-refractivity contribution in [3.8, 4) is 23.0 Å². The van der Waals surface area contributed by atoms with Gasteiger partial charge in [-0.05, 0) is 75.6 Å². The molecule has 3 rings (SSSR count). The van der Waals surface area contributed by atoms with E-state index in [4.69, 9.17) is 42.1 Å². The van der Waals surface area contributed by atoms with Gasteiger partial charge in [0.2, 0.25) is 0 Å². The van der Waals surface area contributed by atoms with Crippen molar-refractivity contribution in [1.82, 2.24) is 5.32 Å². The summed E-state index contributed by atoms with van der Waals surface area (Å²) >= 11 is 12.8. The van der Waals surface area contributed by atoms with Crippen molar-refractivity contribution in [3.63, 3.8) is 0 Å². The Balaban J connectivity index is 0.00000588. The maximum atomic E-state index is 13.2. The maximum absolute atomic E-state index is 13.2. The van der Waals surface area contributed by atoms with E-state index < -0.39 is 18.0 Å². The Morgan fingerprint density at radius 1 is 0.829 bits per heavy atom. The summed E-state index contributed by atoms with van der Waals surface area (Å²) in [7, 11) is 2.90. The molecule has 0 bridgehead atoms. The Labute approximate surface area is 256 Å². The second-order valence-electron chi connectivity index (χ2n) is 10.2. The standard InChI is InChI=1S/C30H33Cl2NO7.ClH/c1-16-8-11-19(24(31)26(16)37-6)28(35)39-22-13-10-18(21(34)15-33-30(3,4)5)14-23(22)40-29(36)20-12-9-17(2)27(38-7)25(20)32;/h8-14,21,33-34H,15H2,1-7H3;1H. The number of methoxy groups -OCH3 is 2. The van der Waals surface area contributed by atoms with Crippen molar-refractivity contribution in [3.05, 3.63) is 80.3 Å². The van der Waals surface area contributed by atoms with Gasteiger partial charge in [-0.3, -0.25) is 0 Å². The third kappa shape index (κ3) is 8.27. The minimum absolute atomic E-state index is 0. The van der Waals surface area contributed by atoms with E-state index in [1.54, 1.807) is 32.0 Å². The molecule has 0 heterocycles. The van der Waals surface area contributed by atoms with Crippen molar-refractivity contribution in [2.45, 2.75) is 46.3 Å². The van der Waals surface area contributed by atoms with Gasteiger partial charge >= 0.3 is 11.9 Å². The topological polar surface area (TPSA) is 103 Å². The van der Waals surface area contributed by atoms with Gasteiger partial charge in [0.15, 0.2) is 11.5 Å². The summed E-state index contributed by atoms with van der Waals surface area (Å²) in [6.45, 7) is 9.73. The first kappa shape index (κ1) is 34.2. The summed E-state index contributed by atoms with van der Waals surface area (Å²) in [5.41, 5.74) is 1.79. The molecule has 41 heavy (non-hydrogen) atoms. The van der Waals surface area contributed by atoms with Crippen LogP contribution in [0.25, 0.3) is 0 Å². The fourth-order valence-electron chi connectivity index (χ4n) is 3.85. The quantitative estimate of drug-likeness (QED) is 0.195. The zero-order valence-corrected chi connectivity index (χ0v) is 26.2. The van der Waals surface area contributed by atoms with Crippen molar-refractivity contribution in [2.75, 3.05) is 20.8 Å². The van der Waals surface area contributed by atoms with Crippen molar-refractivity contribution in [2.24, 2.45) is 0 Å². The highest BCUT2D eigenvalue weighted by molar-refractivity contribution is 6.35. The molecule has 11 heteroatoms. The molecule has 3 aromatic carbocycles. The highest BCUT2D eigenvalue weighted by Gasteiger charge is 2.24. The molecule has 0 saturated carbocycles. The maximum Gasteiger partial charge on any atom is 0.345 e. The fraction of sp³-hybridized carbons (Fsp3) is 0.333. The Hall–Kier alpha value is -3.01. The zero-order chi connectivity index (χ0) is 29.8. The number of β-amino-alcohol motifs (C(OH)–C–C–N with tert-alkyl or cyclic N) is 1. The van der Waals surface area contributed by atoms with Gasteiger partial charge in [-0.1, -0.05) is 41.4 Å². The smallest absolute Gasteiger partial charge is 0.345 e. The van der Waals surface area contributed by atoms with Crippen LogP contribution in [0.1, 0.15) is 64.3 Å². The Morgan fingerprint density at radius 3 is 1.73 bits per heavy atom. The number of carbonyl (C=O) groups is 2. The molecule has 0 aliphatic carbocycles. The number of halogens is 3. The van der Waals surface area contributed by atoms with Crippen molar-refractivity contribution >= 4 is 47.5 Å². The second kappa shape index (κ2) is 14.2. The van der Waals surface area contributed by atoms with Crippen LogP contribution >= 0.6 is 35.6 Å². The van der Waals surface area contributed by atoms with Gasteiger partial charge in [0.1, 0.15) is 11.5 Å². The van der Waals surface area contributed by atoms with Gasteiger partial charge in [0.05, 0.1) is 41.5 Å². The summed E-state index contributed by atoms with van der Waals surface area (Å²) in [6.07, 6.45) is -0.944. The first-order valence-electron chi connectivity index (χ1n) is 12.4. The van der Waals surface area contributed by atoms with Crippen LogP contribution in [0.4, 0.5) is 0 Å². The minimum Gasteiger partial charge on any atom is -0.495 e. The van der Waals surface area contributed by atoms with Crippen LogP contribution in [-0.4, -0.2) is 43.3 Å². The van der Waals surface area contributed by atoms with E-state index in [-0.39, 0.29) is 57.2 Å². The Kier molecular flexibility index (Phi) is 11.9. The number of aryl methyl sites for hydroxylation is 2. The predicted molar refractivity (Wildman–Crippen MR) is 162 cm³/mol. The van der Waals surface area contributed by atoms with Crippen LogP contribution in [0.5, 0.6) is 23.0 Å². The molecule has 1 atom stereocenters. The molecule has 0 amide bonds. The van der Waals surface area contributed by atoms with Crippen LogP contribution in [0.15, 0.2) is 42.5 Å². The van der Waals surface area contributed by atoms with E-state index in [0.717, 1.165) is 11.1 Å². The minimum atomic E-state index is -0.944. The Morgan fingerprint density at radius 2 is 1.29 bits per heavy atom. The lowest BCUT2D eigenvalue weighted by atomic mass is 10.1. The number of carbonyl (C=O) groups excluding carboxylic acids is 2. The Bertz CT molecular complexity index is 1420. The highest BCUT2D eigenvalue weighted by atomic mass is 35.5. The molecule has 0 aliphatic heterocycles. The lowest BCUT2D eigenvalue weighted by molar-refractivity contribution is 0.0681. The molecular weight excluding hydrogens is 593 g/mol. The average Bonchev–Trinajstić information content (AvgIpc) is 2.88. The largest absolute Gasteiger partial charge is 0.495 e.